The summed E-state index contributed by atoms with van der Waals surface area (Å²) in [7, 11) is 1.65. The lowest BCUT2D eigenvalue weighted by Crippen LogP contribution is -2.37. The first kappa shape index (κ1) is 16.3. The van der Waals surface area contributed by atoms with Gasteiger partial charge in [0.1, 0.15) is 0 Å². The van der Waals surface area contributed by atoms with E-state index >= 15 is 0 Å². The van der Waals surface area contributed by atoms with Gasteiger partial charge >= 0.3 is 0 Å². The Hall–Kier alpha value is -0.740. The van der Waals surface area contributed by atoms with Crippen molar-refractivity contribution in [1.82, 2.24) is 5.32 Å². The van der Waals surface area contributed by atoms with Crippen LogP contribution in [0.25, 0.3) is 0 Å². The molecule has 0 aliphatic rings. The summed E-state index contributed by atoms with van der Waals surface area (Å²) in [6.07, 6.45) is 1.09. The lowest BCUT2D eigenvalue weighted by Gasteiger charge is -2.25. The van der Waals surface area contributed by atoms with Gasteiger partial charge in [0.05, 0.1) is 18.2 Å². The van der Waals surface area contributed by atoms with Crippen molar-refractivity contribution >= 4 is 15.9 Å². The fourth-order valence-corrected chi connectivity index (χ4v) is 2.30. The van der Waals surface area contributed by atoms with Crippen LogP contribution in [0.1, 0.15) is 39.7 Å². The molecule has 3 nitrogen and oxygen atoms in total. The Morgan fingerprint density at radius 1 is 1.26 bits per heavy atom. The number of ether oxygens (including phenoxy) is 2. The first-order chi connectivity index (χ1) is 8.93. The molecule has 0 fully saturated rings. The van der Waals surface area contributed by atoms with Crippen molar-refractivity contribution in [2.45, 2.75) is 46.2 Å². The van der Waals surface area contributed by atoms with Crippen LogP contribution < -0.4 is 14.8 Å². The molecule has 0 heterocycles. The number of hydrogen-bond acceptors (Lipinski definition) is 3. The van der Waals surface area contributed by atoms with Gasteiger partial charge in [-0.25, -0.2) is 0 Å². The molecule has 1 N–H and O–H groups in total. The van der Waals surface area contributed by atoms with Gasteiger partial charge in [0.25, 0.3) is 0 Å². The average molecular weight is 330 g/mol. The van der Waals surface area contributed by atoms with Crippen LogP contribution in [0, 0.1) is 0 Å². The molecule has 0 aromatic heterocycles. The summed E-state index contributed by atoms with van der Waals surface area (Å²) in [6.45, 7) is 9.99. The summed E-state index contributed by atoms with van der Waals surface area (Å²) in [5, 5.41) is 3.54. The molecule has 0 aliphatic carbocycles. The molecule has 1 aromatic rings. The van der Waals surface area contributed by atoms with Gasteiger partial charge in [0, 0.05) is 12.1 Å². The Morgan fingerprint density at radius 2 is 1.95 bits per heavy atom. The number of benzene rings is 1. The van der Waals surface area contributed by atoms with Gasteiger partial charge in [-0.3, -0.25) is 0 Å². The maximum atomic E-state index is 5.62. The third kappa shape index (κ3) is 4.69. The SMILES string of the molecule is CCOc1cc(CNC(C)(C)CC)cc(Br)c1OC. The smallest absolute Gasteiger partial charge is 0.174 e. The number of hydrogen-bond donors (Lipinski definition) is 1. The topological polar surface area (TPSA) is 30.5 Å². The predicted molar refractivity (Wildman–Crippen MR) is 83.1 cm³/mol. The Balaban J connectivity index is 2.91. The molecule has 0 amide bonds. The lowest BCUT2D eigenvalue weighted by molar-refractivity contribution is 0.309. The van der Waals surface area contributed by atoms with Crippen LogP contribution in [0.3, 0.4) is 0 Å². The van der Waals surface area contributed by atoms with E-state index in [4.69, 9.17) is 9.47 Å². The number of rotatable bonds is 7. The molecule has 0 radical (unpaired) electrons. The van der Waals surface area contributed by atoms with Crippen LogP contribution in [0.4, 0.5) is 0 Å². The second kappa shape index (κ2) is 7.15. The van der Waals surface area contributed by atoms with Gasteiger partial charge in [-0.1, -0.05) is 6.92 Å². The molecule has 0 unspecified atom stereocenters. The minimum atomic E-state index is 0.137. The molecule has 108 valence electrons. The Labute approximate surface area is 124 Å². The molecule has 0 aliphatic heterocycles. The van der Waals surface area contributed by atoms with Crippen molar-refractivity contribution in [3.05, 3.63) is 22.2 Å². The Kier molecular flexibility index (Phi) is 6.14. The maximum Gasteiger partial charge on any atom is 0.174 e. The van der Waals surface area contributed by atoms with Gasteiger partial charge in [0.15, 0.2) is 11.5 Å². The van der Waals surface area contributed by atoms with Crippen LogP contribution in [-0.2, 0) is 6.54 Å². The van der Waals surface area contributed by atoms with Crippen LogP contribution >= 0.6 is 15.9 Å². The first-order valence-electron chi connectivity index (χ1n) is 6.67. The van der Waals surface area contributed by atoms with Gasteiger partial charge in [-0.2, -0.15) is 0 Å². The van der Waals surface area contributed by atoms with Crippen LogP contribution in [0.2, 0.25) is 0 Å². The maximum absolute atomic E-state index is 5.62. The van der Waals surface area contributed by atoms with Crippen molar-refractivity contribution < 1.29 is 9.47 Å². The summed E-state index contributed by atoms with van der Waals surface area (Å²) < 4.78 is 11.9. The Bertz CT molecular complexity index is 419. The van der Waals surface area contributed by atoms with E-state index in [2.05, 4.69) is 48.1 Å². The van der Waals surface area contributed by atoms with E-state index in [1.165, 1.54) is 5.56 Å². The van der Waals surface area contributed by atoms with Gasteiger partial charge in [-0.05, 0) is 60.8 Å². The highest BCUT2D eigenvalue weighted by molar-refractivity contribution is 9.10. The molecule has 0 atom stereocenters. The molecule has 1 rings (SSSR count). The quantitative estimate of drug-likeness (QED) is 0.815. The average Bonchev–Trinajstić information content (AvgIpc) is 2.37. The summed E-state index contributed by atoms with van der Waals surface area (Å²) in [6, 6.07) is 4.10. The van der Waals surface area contributed by atoms with Crippen molar-refractivity contribution in [2.24, 2.45) is 0 Å². The largest absolute Gasteiger partial charge is 0.492 e. The van der Waals surface area contributed by atoms with Crippen molar-refractivity contribution in [3.8, 4) is 11.5 Å². The highest BCUT2D eigenvalue weighted by Gasteiger charge is 2.15. The van der Waals surface area contributed by atoms with Crippen molar-refractivity contribution in [3.63, 3.8) is 0 Å². The molecule has 4 heteroatoms. The molecule has 0 bridgehead atoms. The van der Waals surface area contributed by atoms with Crippen molar-refractivity contribution in [1.29, 1.82) is 0 Å². The van der Waals surface area contributed by atoms with Gasteiger partial charge < -0.3 is 14.8 Å². The van der Waals surface area contributed by atoms with Crippen LogP contribution in [-0.4, -0.2) is 19.3 Å². The zero-order valence-corrected chi connectivity index (χ0v) is 14.1. The van der Waals surface area contributed by atoms with E-state index < -0.39 is 0 Å². The monoisotopic (exact) mass is 329 g/mol. The number of methoxy groups -OCH3 is 1. The van der Waals surface area contributed by atoms with E-state index in [1.807, 2.05) is 13.0 Å². The summed E-state index contributed by atoms with van der Waals surface area (Å²) in [5.74, 6) is 1.53. The fraction of sp³-hybridized carbons (Fsp3) is 0.600. The molecular formula is C15H24BrNO2. The van der Waals surface area contributed by atoms with E-state index in [-0.39, 0.29) is 5.54 Å². The first-order valence-corrected chi connectivity index (χ1v) is 7.47. The summed E-state index contributed by atoms with van der Waals surface area (Å²) in [5.41, 5.74) is 1.32. The molecule has 0 saturated carbocycles. The van der Waals surface area contributed by atoms with Crippen LogP contribution in [0.15, 0.2) is 16.6 Å². The van der Waals surface area contributed by atoms with Gasteiger partial charge in [0.2, 0.25) is 0 Å². The second-order valence-electron chi connectivity index (χ2n) is 5.13. The highest BCUT2D eigenvalue weighted by atomic mass is 79.9. The Morgan fingerprint density at radius 3 is 2.47 bits per heavy atom. The summed E-state index contributed by atoms with van der Waals surface area (Å²) in [4.78, 5) is 0. The third-order valence-electron chi connectivity index (χ3n) is 3.23. The standard InChI is InChI=1S/C15H24BrNO2/c1-6-15(3,4)17-10-11-8-12(16)14(18-5)13(9-11)19-7-2/h8-9,17H,6-7,10H2,1-5H3. The lowest BCUT2D eigenvalue weighted by atomic mass is 10.0. The van der Waals surface area contributed by atoms with Gasteiger partial charge in [-0.15, -0.1) is 0 Å². The van der Waals surface area contributed by atoms with Crippen LogP contribution in [0.5, 0.6) is 11.5 Å². The fourth-order valence-electron chi connectivity index (χ4n) is 1.65. The minimum absolute atomic E-state index is 0.137. The third-order valence-corrected chi connectivity index (χ3v) is 3.82. The molecule has 1 aromatic carbocycles. The zero-order chi connectivity index (χ0) is 14.5. The number of nitrogens with one attached hydrogen (secondary N) is 1. The number of halogens is 1. The van der Waals surface area contributed by atoms with E-state index in [9.17, 15) is 0 Å². The summed E-state index contributed by atoms with van der Waals surface area (Å²) >= 11 is 3.53. The second-order valence-corrected chi connectivity index (χ2v) is 5.99. The molecular weight excluding hydrogens is 306 g/mol. The molecule has 19 heavy (non-hydrogen) atoms. The zero-order valence-electron chi connectivity index (χ0n) is 12.5. The van der Waals surface area contributed by atoms with Crippen molar-refractivity contribution in [2.75, 3.05) is 13.7 Å². The van der Waals surface area contributed by atoms with E-state index in [0.29, 0.717) is 6.61 Å². The molecule has 0 spiro atoms. The predicted octanol–water partition coefficient (Wildman–Crippen LogP) is 4.13. The van der Waals surface area contributed by atoms with E-state index in [0.717, 1.165) is 28.9 Å². The van der Waals surface area contributed by atoms with E-state index in [1.54, 1.807) is 7.11 Å². The highest BCUT2D eigenvalue weighted by Crippen LogP contribution is 2.36. The molecule has 0 saturated heterocycles. The normalized spacial score (nSPS) is 11.5. The minimum Gasteiger partial charge on any atom is -0.492 e.